The van der Waals surface area contributed by atoms with Crippen molar-refractivity contribution in [2.24, 2.45) is 28.1 Å². The van der Waals surface area contributed by atoms with E-state index in [2.05, 4.69) is 39.0 Å². The number of nitrogens with one attached hydrogen (secondary N) is 1. The minimum atomic E-state index is -2.10. The lowest BCUT2D eigenvalue weighted by atomic mass is 9.49. The first-order valence-corrected chi connectivity index (χ1v) is 11.5. The quantitative estimate of drug-likeness (QED) is 0.667. The minimum absolute atomic E-state index is 0.0683. The molecule has 35 heavy (non-hydrogen) atoms. The van der Waals surface area contributed by atoms with Crippen molar-refractivity contribution >= 4 is 5.90 Å². The zero-order chi connectivity index (χ0) is 25.8. The van der Waals surface area contributed by atoms with E-state index in [0.29, 0.717) is 24.2 Å². The molecular formula is C26H30N4O5. The van der Waals surface area contributed by atoms with Crippen LogP contribution in [0.4, 0.5) is 0 Å². The molecule has 2 bridgehead atoms. The molecule has 5 atom stereocenters. The number of benzene rings is 1. The maximum absolute atomic E-state index is 10.6. The standard InChI is InChI=1S/C26H30N4O5/c1-23(2,3)15-7-8-26-19(9-15)25(14-29,22(30)35-26)24(12-27,13-28)21(34-26)20-17(32-5)10-16(31-4)11-18(20)33-6/h10-11,15,19,21,30H,7-9H2,1-6H3. The van der Waals surface area contributed by atoms with Gasteiger partial charge in [-0.05, 0) is 24.2 Å². The summed E-state index contributed by atoms with van der Waals surface area (Å²) in [5.74, 6) is -1.17. The minimum Gasteiger partial charge on any atom is -0.496 e. The van der Waals surface area contributed by atoms with E-state index < -0.39 is 34.5 Å². The van der Waals surface area contributed by atoms with Crippen molar-refractivity contribution in [2.75, 3.05) is 21.3 Å². The van der Waals surface area contributed by atoms with Gasteiger partial charge in [-0.25, -0.2) is 0 Å². The molecule has 2 heterocycles. The van der Waals surface area contributed by atoms with Crippen molar-refractivity contribution in [1.82, 2.24) is 0 Å². The Bertz CT molecular complexity index is 1150. The monoisotopic (exact) mass is 478 g/mol. The Labute approximate surface area is 205 Å². The molecule has 2 aliphatic heterocycles. The molecule has 0 spiro atoms. The van der Waals surface area contributed by atoms with E-state index in [9.17, 15) is 15.8 Å². The molecule has 1 aromatic rings. The first-order valence-electron chi connectivity index (χ1n) is 11.5. The van der Waals surface area contributed by atoms with Crippen LogP contribution in [-0.2, 0) is 9.47 Å². The van der Waals surface area contributed by atoms with Gasteiger partial charge in [-0.1, -0.05) is 20.8 Å². The van der Waals surface area contributed by atoms with Crippen LogP contribution >= 0.6 is 0 Å². The average molecular weight is 479 g/mol. The molecule has 0 amide bonds. The summed E-state index contributed by atoms with van der Waals surface area (Å²) in [5.41, 5.74) is -3.70. The van der Waals surface area contributed by atoms with E-state index in [1.165, 1.54) is 21.3 Å². The van der Waals surface area contributed by atoms with E-state index in [1.54, 1.807) is 12.1 Å². The molecule has 9 heteroatoms. The second-order valence-corrected chi connectivity index (χ2v) is 10.5. The normalized spacial score (nSPS) is 32.8. The molecule has 3 aliphatic rings. The Balaban J connectivity index is 2.01. The summed E-state index contributed by atoms with van der Waals surface area (Å²) in [6.07, 6.45) is 0.395. The Morgan fingerprint density at radius 1 is 1.00 bits per heavy atom. The Morgan fingerprint density at radius 3 is 2.06 bits per heavy atom. The summed E-state index contributed by atoms with van der Waals surface area (Å²) in [6, 6.07) is 9.66. The second-order valence-electron chi connectivity index (χ2n) is 10.5. The van der Waals surface area contributed by atoms with Crippen molar-refractivity contribution < 1.29 is 23.7 Å². The average Bonchev–Trinajstić information content (AvgIpc) is 3.05. The smallest absolute Gasteiger partial charge is 0.217 e. The highest BCUT2D eigenvalue weighted by Crippen LogP contribution is 2.71. The van der Waals surface area contributed by atoms with Gasteiger partial charge in [0, 0.05) is 18.6 Å². The zero-order valence-electron chi connectivity index (χ0n) is 20.9. The third kappa shape index (κ3) is 3.03. The topological polar surface area (TPSA) is 141 Å². The van der Waals surface area contributed by atoms with Gasteiger partial charge in [0.15, 0.2) is 5.41 Å². The SMILES string of the molecule is COc1cc(OC)c(C2OC34CCC(C(C)(C)C)CC3C(C#N)(C(=N)O4)C2(C#N)C#N)c(OC)c1. The van der Waals surface area contributed by atoms with Crippen molar-refractivity contribution in [3.8, 4) is 35.5 Å². The van der Waals surface area contributed by atoms with Crippen molar-refractivity contribution in [3.05, 3.63) is 17.7 Å². The highest BCUT2D eigenvalue weighted by Gasteiger charge is 2.81. The fraction of sp³-hybridized carbons (Fsp3) is 0.615. The van der Waals surface area contributed by atoms with Gasteiger partial charge in [0.1, 0.15) is 23.4 Å². The number of ether oxygens (including phenoxy) is 5. The Morgan fingerprint density at radius 2 is 1.60 bits per heavy atom. The number of hydrogen-bond donors (Lipinski definition) is 1. The maximum Gasteiger partial charge on any atom is 0.217 e. The molecule has 1 N–H and O–H groups in total. The molecule has 0 aromatic heterocycles. The zero-order valence-corrected chi connectivity index (χ0v) is 20.9. The van der Waals surface area contributed by atoms with Gasteiger partial charge in [0.25, 0.3) is 0 Å². The van der Waals surface area contributed by atoms with Crippen LogP contribution in [0, 0.1) is 67.5 Å². The Kier molecular flexibility index (Phi) is 5.66. The van der Waals surface area contributed by atoms with E-state index >= 15 is 0 Å². The van der Waals surface area contributed by atoms with Crippen molar-refractivity contribution in [2.45, 2.75) is 51.9 Å². The van der Waals surface area contributed by atoms with Gasteiger partial charge >= 0.3 is 0 Å². The summed E-state index contributed by atoms with van der Waals surface area (Å²) < 4.78 is 29.2. The summed E-state index contributed by atoms with van der Waals surface area (Å²) >= 11 is 0. The van der Waals surface area contributed by atoms with Gasteiger partial charge in [0.2, 0.25) is 17.1 Å². The third-order valence-corrected chi connectivity index (χ3v) is 8.15. The van der Waals surface area contributed by atoms with Crippen LogP contribution in [0.15, 0.2) is 12.1 Å². The van der Waals surface area contributed by atoms with Crippen LogP contribution in [-0.4, -0.2) is 33.0 Å². The molecule has 1 saturated carbocycles. The van der Waals surface area contributed by atoms with Crippen LogP contribution in [0.25, 0.3) is 0 Å². The fourth-order valence-corrected chi connectivity index (χ4v) is 6.17. The lowest BCUT2D eigenvalue weighted by Crippen LogP contribution is -2.61. The molecule has 1 aromatic carbocycles. The predicted octanol–water partition coefficient (Wildman–Crippen LogP) is 4.49. The Hall–Kier alpha value is -3.48. The third-order valence-electron chi connectivity index (χ3n) is 8.15. The molecule has 1 aliphatic carbocycles. The fourth-order valence-electron chi connectivity index (χ4n) is 6.17. The van der Waals surface area contributed by atoms with Crippen molar-refractivity contribution in [1.29, 1.82) is 21.2 Å². The largest absolute Gasteiger partial charge is 0.496 e. The number of nitriles is 3. The van der Waals surface area contributed by atoms with Crippen LogP contribution in [0.1, 0.15) is 51.7 Å². The van der Waals surface area contributed by atoms with E-state index in [0.717, 1.165) is 6.42 Å². The molecule has 0 radical (unpaired) electrons. The van der Waals surface area contributed by atoms with E-state index in [4.69, 9.17) is 29.1 Å². The highest BCUT2D eigenvalue weighted by atomic mass is 16.7. The van der Waals surface area contributed by atoms with E-state index in [1.807, 2.05) is 0 Å². The summed E-state index contributed by atoms with van der Waals surface area (Å²) in [5, 5.41) is 40.6. The molecule has 184 valence electrons. The van der Waals surface area contributed by atoms with Crippen LogP contribution in [0.5, 0.6) is 17.2 Å². The van der Waals surface area contributed by atoms with Gasteiger partial charge in [-0.3, -0.25) is 5.41 Å². The summed E-state index contributed by atoms with van der Waals surface area (Å²) in [7, 11) is 4.39. The molecule has 9 nitrogen and oxygen atoms in total. The molecule has 5 unspecified atom stereocenters. The number of rotatable bonds is 4. The number of nitrogens with zero attached hydrogens (tertiary/aromatic N) is 3. The molecule has 4 rings (SSSR count). The van der Waals surface area contributed by atoms with E-state index in [-0.39, 0.29) is 22.8 Å². The van der Waals surface area contributed by atoms with Gasteiger partial charge < -0.3 is 23.7 Å². The van der Waals surface area contributed by atoms with Crippen LogP contribution in [0.2, 0.25) is 0 Å². The van der Waals surface area contributed by atoms with Crippen molar-refractivity contribution in [3.63, 3.8) is 0 Å². The van der Waals surface area contributed by atoms with Gasteiger partial charge in [-0.2, -0.15) is 15.8 Å². The predicted molar refractivity (Wildman–Crippen MR) is 123 cm³/mol. The van der Waals surface area contributed by atoms with Crippen LogP contribution in [0.3, 0.4) is 0 Å². The summed E-state index contributed by atoms with van der Waals surface area (Å²) in [6.45, 7) is 6.39. The first kappa shape index (κ1) is 24.6. The number of methoxy groups -OCH3 is 3. The maximum atomic E-state index is 10.6. The lowest BCUT2D eigenvalue weighted by molar-refractivity contribution is -0.301. The number of hydrogen-bond acceptors (Lipinski definition) is 9. The molecular weight excluding hydrogens is 448 g/mol. The summed E-state index contributed by atoms with van der Waals surface area (Å²) in [4.78, 5) is 0. The first-order chi connectivity index (χ1) is 16.5. The van der Waals surface area contributed by atoms with Gasteiger partial charge in [-0.15, -0.1) is 0 Å². The van der Waals surface area contributed by atoms with Gasteiger partial charge in [0.05, 0.1) is 51.0 Å². The highest BCUT2D eigenvalue weighted by molar-refractivity contribution is 5.89. The molecule has 3 fully saturated rings. The lowest BCUT2D eigenvalue weighted by Gasteiger charge is -2.54. The van der Waals surface area contributed by atoms with Crippen LogP contribution < -0.4 is 14.2 Å². The molecule has 2 saturated heterocycles. The second kappa shape index (κ2) is 8.04.